The normalized spacial score (nSPS) is 30.7. The summed E-state index contributed by atoms with van der Waals surface area (Å²) in [5, 5.41) is 12.5. The van der Waals surface area contributed by atoms with Gasteiger partial charge in [0.05, 0.1) is 24.9 Å². The van der Waals surface area contributed by atoms with Crippen LogP contribution in [0.4, 0.5) is 0 Å². The van der Waals surface area contributed by atoms with Gasteiger partial charge in [0.25, 0.3) is 0 Å². The van der Waals surface area contributed by atoms with Gasteiger partial charge in [-0.3, -0.25) is 0 Å². The van der Waals surface area contributed by atoms with Gasteiger partial charge in [0.15, 0.2) is 0 Å². The van der Waals surface area contributed by atoms with Gasteiger partial charge >= 0.3 is 0 Å². The van der Waals surface area contributed by atoms with Crippen LogP contribution >= 0.6 is 0 Å². The molecule has 0 aromatic rings. The number of nitrogens with one attached hydrogen (secondary N) is 1. The van der Waals surface area contributed by atoms with Crippen molar-refractivity contribution in [3.05, 3.63) is 0 Å². The van der Waals surface area contributed by atoms with Crippen LogP contribution in [-0.4, -0.2) is 36.5 Å². The first-order valence-electron chi connectivity index (χ1n) is 5.27. The third kappa shape index (κ3) is 3.25. The first kappa shape index (κ1) is 11.0. The average molecular weight is 187 g/mol. The van der Waals surface area contributed by atoms with Gasteiger partial charge in [-0.1, -0.05) is 6.92 Å². The highest BCUT2D eigenvalue weighted by Gasteiger charge is 2.28. The molecule has 1 aliphatic rings. The molecule has 3 heteroatoms. The second-order valence-electron chi connectivity index (χ2n) is 3.81. The largest absolute Gasteiger partial charge is 0.395 e. The van der Waals surface area contributed by atoms with Crippen molar-refractivity contribution in [2.24, 2.45) is 0 Å². The molecule has 0 aromatic heterocycles. The van der Waals surface area contributed by atoms with E-state index in [1.54, 1.807) is 0 Å². The molecular weight excluding hydrogens is 166 g/mol. The maximum absolute atomic E-state index is 9.16. The van der Waals surface area contributed by atoms with E-state index in [1.807, 2.05) is 0 Å². The SMILES string of the molecule is CCCNC(CO)C1CCC(C)O1. The van der Waals surface area contributed by atoms with E-state index in [0.717, 1.165) is 25.8 Å². The Kier molecular flexibility index (Phi) is 4.70. The van der Waals surface area contributed by atoms with E-state index < -0.39 is 0 Å². The van der Waals surface area contributed by atoms with Crippen LogP contribution in [0, 0.1) is 0 Å². The van der Waals surface area contributed by atoms with Crippen molar-refractivity contribution in [2.75, 3.05) is 13.2 Å². The van der Waals surface area contributed by atoms with Gasteiger partial charge in [0.1, 0.15) is 0 Å². The third-order valence-electron chi connectivity index (χ3n) is 2.57. The second-order valence-corrected chi connectivity index (χ2v) is 3.81. The van der Waals surface area contributed by atoms with Crippen molar-refractivity contribution in [3.63, 3.8) is 0 Å². The molecule has 0 aliphatic carbocycles. The Hall–Kier alpha value is -0.120. The minimum Gasteiger partial charge on any atom is -0.395 e. The van der Waals surface area contributed by atoms with Crippen molar-refractivity contribution < 1.29 is 9.84 Å². The summed E-state index contributed by atoms with van der Waals surface area (Å²) < 4.78 is 5.69. The van der Waals surface area contributed by atoms with Crippen molar-refractivity contribution >= 4 is 0 Å². The lowest BCUT2D eigenvalue weighted by molar-refractivity contribution is 0.0175. The lowest BCUT2D eigenvalue weighted by Crippen LogP contribution is -2.43. The molecule has 1 fully saturated rings. The van der Waals surface area contributed by atoms with Crippen molar-refractivity contribution in [1.29, 1.82) is 0 Å². The van der Waals surface area contributed by atoms with Crippen LogP contribution in [0.5, 0.6) is 0 Å². The topological polar surface area (TPSA) is 41.5 Å². The molecule has 3 unspecified atom stereocenters. The zero-order valence-corrected chi connectivity index (χ0v) is 8.62. The van der Waals surface area contributed by atoms with Crippen molar-refractivity contribution in [2.45, 2.75) is 51.4 Å². The van der Waals surface area contributed by atoms with Crippen LogP contribution in [0.15, 0.2) is 0 Å². The number of ether oxygens (including phenoxy) is 1. The molecule has 3 atom stereocenters. The van der Waals surface area contributed by atoms with Crippen LogP contribution in [0.25, 0.3) is 0 Å². The number of rotatable bonds is 5. The summed E-state index contributed by atoms with van der Waals surface area (Å²) >= 11 is 0. The first-order valence-corrected chi connectivity index (χ1v) is 5.27. The minimum atomic E-state index is 0.130. The fourth-order valence-electron chi connectivity index (χ4n) is 1.77. The van der Waals surface area contributed by atoms with Crippen LogP contribution in [0.3, 0.4) is 0 Å². The van der Waals surface area contributed by atoms with Gasteiger partial charge in [-0.25, -0.2) is 0 Å². The zero-order chi connectivity index (χ0) is 9.68. The maximum Gasteiger partial charge on any atom is 0.0755 e. The summed E-state index contributed by atoms with van der Waals surface area (Å²) in [6, 6.07) is 0.130. The predicted molar refractivity (Wildman–Crippen MR) is 52.7 cm³/mol. The number of aliphatic hydroxyl groups is 1. The Labute approximate surface area is 80.5 Å². The Morgan fingerprint density at radius 2 is 2.31 bits per heavy atom. The highest BCUT2D eigenvalue weighted by molar-refractivity contribution is 4.82. The molecule has 0 aromatic carbocycles. The van der Waals surface area contributed by atoms with Gasteiger partial charge in [-0.15, -0.1) is 0 Å². The molecule has 2 N–H and O–H groups in total. The Bertz CT molecular complexity index is 141. The highest BCUT2D eigenvalue weighted by Crippen LogP contribution is 2.21. The van der Waals surface area contributed by atoms with Gasteiger partial charge in [0.2, 0.25) is 0 Å². The van der Waals surface area contributed by atoms with Crippen molar-refractivity contribution in [1.82, 2.24) is 5.32 Å². The molecule has 0 bridgehead atoms. The zero-order valence-electron chi connectivity index (χ0n) is 8.62. The van der Waals surface area contributed by atoms with Gasteiger partial charge in [-0.2, -0.15) is 0 Å². The van der Waals surface area contributed by atoms with E-state index in [1.165, 1.54) is 0 Å². The molecule has 0 amide bonds. The van der Waals surface area contributed by atoms with E-state index in [9.17, 15) is 0 Å². The van der Waals surface area contributed by atoms with Gasteiger partial charge in [0, 0.05) is 0 Å². The number of hydrogen-bond donors (Lipinski definition) is 2. The molecule has 78 valence electrons. The monoisotopic (exact) mass is 187 g/mol. The molecule has 0 radical (unpaired) electrons. The minimum absolute atomic E-state index is 0.130. The molecule has 1 rings (SSSR count). The van der Waals surface area contributed by atoms with Crippen molar-refractivity contribution in [3.8, 4) is 0 Å². The van der Waals surface area contributed by atoms with Crippen LogP contribution in [-0.2, 0) is 4.74 Å². The smallest absolute Gasteiger partial charge is 0.0755 e. The standard InChI is InChI=1S/C10H21NO2/c1-3-6-11-9(7-12)10-5-4-8(2)13-10/h8-12H,3-7H2,1-2H3. The number of hydrogen-bond acceptors (Lipinski definition) is 3. The van der Waals surface area contributed by atoms with E-state index in [-0.39, 0.29) is 18.8 Å². The summed E-state index contributed by atoms with van der Waals surface area (Å²) in [6.45, 7) is 5.35. The lowest BCUT2D eigenvalue weighted by Gasteiger charge is -2.22. The first-order chi connectivity index (χ1) is 6.27. The van der Waals surface area contributed by atoms with E-state index in [4.69, 9.17) is 9.84 Å². The fraction of sp³-hybridized carbons (Fsp3) is 1.00. The fourth-order valence-corrected chi connectivity index (χ4v) is 1.77. The quantitative estimate of drug-likeness (QED) is 0.672. The lowest BCUT2D eigenvalue weighted by atomic mass is 10.1. The third-order valence-corrected chi connectivity index (χ3v) is 2.57. The van der Waals surface area contributed by atoms with Crippen LogP contribution < -0.4 is 5.32 Å². The molecule has 1 heterocycles. The molecule has 1 saturated heterocycles. The van der Waals surface area contributed by atoms with E-state index in [0.29, 0.717) is 6.10 Å². The molecule has 3 nitrogen and oxygen atoms in total. The summed E-state index contributed by atoms with van der Waals surface area (Å²) in [5.74, 6) is 0. The Morgan fingerprint density at radius 1 is 1.54 bits per heavy atom. The van der Waals surface area contributed by atoms with Gasteiger partial charge < -0.3 is 15.2 Å². The summed E-state index contributed by atoms with van der Waals surface area (Å²) in [6.07, 6.45) is 3.87. The molecule has 1 aliphatic heterocycles. The van der Waals surface area contributed by atoms with E-state index in [2.05, 4.69) is 19.2 Å². The maximum atomic E-state index is 9.16. The Balaban J connectivity index is 2.29. The molecular formula is C10H21NO2. The molecule has 0 spiro atoms. The van der Waals surface area contributed by atoms with Crippen LogP contribution in [0.1, 0.15) is 33.1 Å². The predicted octanol–water partition coefficient (Wildman–Crippen LogP) is 0.914. The molecule has 13 heavy (non-hydrogen) atoms. The molecule has 0 saturated carbocycles. The van der Waals surface area contributed by atoms with E-state index >= 15 is 0 Å². The highest BCUT2D eigenvalue weighted by atomic mass is 16.5. The second kappa shape index (κ2) is 5.58. The summed E-state index contributed by atoms with van der Waals surface area (Å²) in [5.41, 5.74) is 0. The number of aliphatic hydroxyl groups excluding tert-OH is 1. The average Bonchev–Trinajstić information content (AvgIpc) is 2.54. The summed E-state index contributed by atoms with van der Waals surface area (Å²) in [4.78, 5) is 0. The van der Waals surface area contributed by atoms with Crippen LogP contribution in [0.2, 0.25) is 0 Å². The van der Waals surface area contributed by atoms with Gasteiger partial charge in [-0.05, 0) is 32.7 Å². The summed E-state index contributed by atoms with van der Waals surface area (Å²) in [7, 11) is 0. The Morgan fingerprint density at radius 3 is 2.77 bits per heavy atom.